The first kappa shape index (κ1) is 16.9. The normalized spacial score (nSPS) is 24.3. The van der Waals surface area contributed by atoms with Crippen molar-refractivity contribution >= 4 is 11.8 Å². The molecule has 1 amide bonds. The molecule has 1 fully saturated rings. The molecule has 1 saturated heterocycles. The number of ether oxygens (including phenoxy) is 1. The smallest absolute Gasteiger partial charge is 0.410 e. The molecule has 0 spiro atoms. The first-order valence-electron chi connectivity index (χ1n) is 9.06. The van der Waals surface area contributed by atoms with Gasteiger partial charge in [0.05, 0.1) is 6.17 Å². The van der Waals surface area contributed by atoms with E-state index >= 15 is 0 Å². The number of carbonyl (C=O) groups is 1. The summed E-state index contributed by atoms with van der Waals surface area (Å²) in [5, 5.41) is 2.81. The number of nitrogens with one attached hydrogen (secondary N) is 1. The standard InChI is InChI=1S/C21H25N3O2/c1-21-11-12-23(2)19(21)24(3)18-10-9-16(13-17(18)21)26-20(25)22-14-15-7-5-4-6-8-15/h4-10,13,19H,11-12,14H2,1-3H3,(H,22,25). The Morgan fingerprint density at radius 3 is 2.77 bits per heavy atom. The van der Waals surface area contributed by atoms with Gasteiger partial charge in [-0.15, -0.1) is 0 Å². The second-order valence-corrected chi connectivity index (χ2v) is 7.54. The summed E-state index contributed by atoms with van der Waals surface area (Å²) in [6, 6.07) is 15.8. The number of likely N-dealkylation sites (N-methyl/N-ethyl adjacent to an activating group) is 2. The first-order valence-corrected chi connectivity index (χ1v) is 9.06. The number of anilines is 1. The summed E-state index contributed by atoms with van der Waals surface area (Å²) in [5.74, 6) is 0.596. The van der Waals surface area contributed by atoms with Crippen molar-refractivity contribution in [2.75, 3.05) is 25.5 Å². The number of hydrogen-bond acceptors (Lipinski definition) is 4. The number of rotatable bonds is 3. The Hall–Kier alpha value is -2.53. The third kappa shape index (κ3) is 2.72. The van der Waals surface area contributed by atoms with Crippen LogP contribution < -0.4 is 15.0 Å². The highest BCUT2D eigenvalue weighted by Gasteiger charge is 2.52. The number of nitrogens with zero attached hydrogens (tertiary/aromatic N) is 2. The maximum Gasteiger partial charge on any atom is 0.412 e. The van der Waals surface area contributed by atoms with Gasteiger partial charge in [-0.05, 0) is 42.8 Å². The lowest BCUT2D eigenvalue weighted by Gasteiger charge is -2.32. The van der Waals surface area contributed by atoms with Crippen LogP contribution in [0.3, 0.4) is 0 Å². The lowest BCUT2D eigenvalue weighted by Crippen LogP contribution is -2.45. The fourth-order valence-corrected chi connectivity index (χ4v) is 4.53. The van der Waals surface area contributed by atoms with Gasteiger partial charge in [-0.25, -0.2) is 4.79 Å². The molecule has 26 heavy (non-hydrogen) atoms. The topological polar surface area (TPSA) is 44.8 Å². The molecule has 0 radical (unpaired) electrons. The van der Waals surface area contributed by atoms with E-state index < -0.39 is 6.09 Å². The Bertz CT molecular complexity index is 823. The fraction of sp³-hybridized carbons (Fsp3) is 0.381. The summed E-state index contributed by atoms with van der Waals surface area (Å²) >= 11 is 0. The molecule has 5 nitrogen and oxygen atoms in total. The number of benzene rings is 2. The van der Waals surface area contributed by atoms with E-state index in [1.807, 2.05) is 42.5 Å². The molecule has 136 valence electrons. The van der Waals surface area contributed by atoms with Gasteiger partial charge in [-0.1, -0.05) is 37.3 Å². The summed E-state index contributed by atoms with van der Waals surface area (Å²) in [6.45, 7) is 3.84. The molecular weight excluding hydrogens is 326 g/mol. The maximum absolute atomic E-state index is 12.2. The molecular formula is C21H25N3O2. The van der Waals surface area contributed by atoms with Gasteiger partial charge in [-0.3, -0.25) is 4.90 Å². The zero-order chi connectivity index (χ0) is 18.3. The van der Waals surface area contributed by atoms with Crippen LogP contribution in [0, 0.1) is 0 Å². The Kier molecular flexibility index (Phi) is 4.11. The van der Waals surface area contributed by atoms with E-state index in [1.165, 1.54) is 11.3 Å². The summed E-state index contributed by atoms with van der Waals surface area (Å²) < 4.78 is 5.53. The van der Waals surface area contributed by atoms with Gasteiger partial charge >= 0.3 is 6.09 Å². The molecule has 2 heterocycles. The quantitative estimate of drug-likeness (QED) is 0.921. The van der Waals surface area contributed by atoms with Crippen LogP contribution in [0.2, 0.25) is 0 Å². The largest absolute Gasteiger partial charge is 0.412 e. The lowest BCUT2D eigenvalue weighted by molar-refractivity contribution is 0.200. The van der Waals surface area contributed by atoms with E-state index in [4.69, 9.17) is 4.74 Å². The highest BCUT2D eigenvalue weighted by Crippen LogP contribution is 2.51. The number of amides is 1. The van der Waals surface area contributed by atoms with Crippen LogP contribution in [0.15, 0.2) is 48.5 Å². The van der Waals surface area contributed by atoms with Gasteiger partial charge in [0.25, 0.3) is 0 Å². The Balaban J connectivity index is 1.48. The first-order chi connectivity index (χ1) is 12.5. The summed E-state index contributed by atoms with van der Waals surface area (Å²) in [4.78, 5) is 16.9. The van der Waals surface area contributed by atoms with Gasteiger partial charge in [0.15, 0.2) is 0 Å². The molecule has 2 aliphatic rings. The summed E-state index contributed by atoms with van der Waals surface area (Å²) in [6.07, 6.45) is 1.04. The Labute approximate surface area is 154 Å². The minimum Gasteiger partial charge on any atom is -0.410 e. The molecule has 0 bridgehead atoms. The molecule has 2 aliphatic heterocycles. The molecule has 2 atom stereocenters. The summed E-state index contributed by atoms with van der Waals surface area (Å²) in [5.41, 5.74) is 3.60. The SMILES string of the molecule is CN1CCC2(C)c3cc(OC(=O)NCc4ccccc4)ccc3N(C)C12. The average Bonchev–Trinajstić information content (AvgIpc) is 3.06. The molecule has 1 N–H and O–H groups in total. The monoisotopic (exact) mass is 351 g/mol. The average molecular weight is 351 g/mol. The minimum absolute atomic E-state index is 0.0682. The van der Waals surface area contributed by atoms with Gasteiger partial charge in [0, 0.05) is 31.2 Å². The van der Waals surface area contributed by atoms with Crippen LogP contribution in [0.5, 0.6) is 5.75 Å². The van der Waals surface area contributed by atoms with Crippen LogP contribution in [-0.4, -0.2) is 37.8 Å². The minimum atomic E-state index is -0.426. The van der Waals surface area contributed by atoms with Crippen molar-refractivity contribution in [1.82, 2.24) is 10.2 Å². The molecule has 2 aromatic carbocycles. The molecule has 4 rings (SSSR count). The molecule has 0 aliphatic carbocycles. The van der Waals surface area contributed by atoms with E-state index in [-0.39, 0.29) is 5.41 Å². The fourth-order valence-electron chi connectivity index (χ4n) is 4.53. The van der Waals surface area contributed by atoms with Crippen LogP contribution >= 0.6 is 0 Å². The van der Waals surface area contributed by atoms with Gasteiger partial charge in [0.2, 0.25) is 0 Å². The van der Waals surface area contributed by atoms with Gasteiger partial charge in [0.1, 0.15) is 5.75 Å². The van der Waals surface area contributed by atoms with Crippen LogP contribution in [0.25, 0.3) is 0 Å². The van der Waals surface area contributed by atoms with Crippen LogP contribution in [-0.2, 0) is 12.0 Å². The number of hydrogen-bond donors (Lipinski definition) is 1. The number of fused-ring (bicyclic) bond motifs is 3. The predicted octanol–water partition coefficient (Wildman–Crippen LogP) is 3.34. The summed E-state index contributed by atoms with van der Waals surface area (Å²) in [7, 11) is 4.32. The van der Waals surface area contributed by atoms with Crippen LogP contribution in [0.1, 0.15) is 24.5 Å². The zero-order valence-corrected chi connectivity index (χ0v) is 15.5. The van der Waals surface area contributed by atoms with E-state index in [1.54, 1.807) is 0 Å². The van der Waals surface area contributed by atoms with Crippen LogP contribution in [0.4, 0.5) is 10.5 Å². The molecule has 5 heteroatoms. The van der Waals surface area contributed by atoms with Crippen molar-refractivity contribution in [3.05, 3.63) is 59.7 Å². The molecule has 2 unspecified atom stereocenters. The van der Waals surface area contributed by atoms with Crippen molar-refractivity contribution in [3.63, 3.8) is 0 Å². The highest BCUT2D eigenvalue weighted by molar-refractivity contribution is 5.72. The van der Waals surface area contributed by atoms with E-state index in [9.17, 15) is 4.79 Å². The Morgan fingerprint density at radius 2 is 2.00 bits per heavy atom. The van der Waals surface area contributed by atoms with Crippen molar-refractivity contribution in [1.29, 1.82) is 0 Å². The molecule has 0 saturated carbocycles. The second kappa shape index (κ2) is 6.32. The molecule has 2 aromatic rings. The van der Waals surface area contributed by atoms with Crippen molar-refractivity contribution in [2.45, 2.75) is 31.5 Å². The van der Waals surface area contributed by atoms with E-state index in [0.29, 0.717) is 18.5 Å². The maximum atomic E-state index is 12.2. The van der Waals surface area contributed by atoms with Crippen molar-refractivity contribution < 1.29 is 9.53 Å². The third-order valence-corrected chi connectivity index (χ3v) is 5.79. The van der Waals surface area contributed by atoms with Gasteiger partial charge in [-0.2, -0.15) is 0 Å². The third-order valence-electron chi connectivity index (χ3n) is 5.79. The Morgan fingerprint density at radius 1 is 1.23 bits per heavy atom. The van der Waals surface area contributed by atoms with Crippen molar-refractivity contribution in [2.24, 2.45) is 0 Å². The van der Waals surface area contributed by atoms with Gasteiger partial charge < -0.3 is 15.0 Å². The number of carbonyl (C=O) groups excluding carboxylic acids is 1. The lowest BCUT2D eigenvalue weighted by atomic mass is 9.81. The predicted molar refractivity (Wildman–Crippen MR) is 103 cm³/mol. The zero-order valence-electron chi connectivity index (χ0n) is 15.5. The number of likely N-dealkylation sites (tertiary alicyclic amines) is 1. The van der Waals surface area contributed by atoms with Crippen molar-refractivity contribution in [3.8, 4) is 5.75 Å². The highest BCUT2D eigenvalue weighted by atomic mass is 16.6. The molecule has 0 aromatic heterocycles. The van der Waals surface area contributed by atoms with E-state index in [2.05, 4.69) is 42.2 Å². The second-order valence-electron chi connectivity index (χ2n) is 7.54. The van der Waals surface area contributed by atoms with E-state index in [0.717, 1.165) is 18.5 Å².